The summed E-state index contributed by atoms with van der Waals surface area (Å²) in [5.41, 5.74) is 1.73. The molecule has 0 aliphatic heterocycles. The Morgan fingerprint density at radius 3 is 2.44 bits per heavy atom. The van der Waals surface area contributed by atoms with E-state index in [1.165, 1.54) is 0 Å². The quantitative estimate of drug-likeness (QED) is 0.901. The van der Waals surface area contributed by atoms with Gasteiger partial charge in [-0.1, -0.05) is 0 Å². The monoisotopic (exact) mass is 248 g/mol. The van der Waals surface area contributed by atoms with E-state index in [2.05, 4.69) is 10.3 Å². The average molecular weight is 248 g/mol. The van der Waals surface area contributed by atoms with Crippen molar-refractivity contribution in [2.45, 2.75) is 6.92 Å². The molecule has 1 heterocycles. The van der Waals surface area contributed by atoms with E-state index in [-0.39, 0.29) is 0 Å². The van der Waals surface area contributed by atoms with Crippen molar-refractivity contribution in [1.82, 2.24) is 4.98 Å². The minimum Gasteiger partial charge on any atom is -0.493 e. The number of hydrogen-bond donors (Lipinski definition) is 1. The predicted molar refractivity (Wildman–Crippen MR) is 69.3 cm³/mol. The third-order valence-electron chi connectivity index (χ3n) is 2.66. The fourth-order valence-corrected chi connectivity index (χ4v) is 1.75. The number of oxazole rings is 1. The van der Waals surface area contributed by atoms with Crippen LogP contribution in [0.1, 0.15) is 5.69 Å². The van der Waals surface area contributed by atoms with Crippen LogP contribution >= 0.6 is 0 Å². The van der Waals surface area contributed by atoms with Crippen LogP contribution in [-0.2, 0) is 0 Å². The zero-order valence-corrected chi connectivity index (χ0v) is 10.9. The standard InChI is InChI=1S/C13H16N2O3/c1-8-12(18-13(14-2)15-8)9-5-6-10(16-3)11(7-9)17-4/h5-7H,1-4H3,(H,14,15). The van der Waals surface area contributed by atoms with Gasteiger partial charge in [-0.05, 0) is 25.1 Å². The van der Waals surface area contributed by atoms with Crippen molar-refractivity contribution >= 4 is 6.01 Å². The van der Waals surface area contributed by atoms with Crippen molar-refractivity contribution in [3.05, 3.63) is 23.9 Å². The molecule has 0 radical (unpaired) electrons. The number of rotatable bonds is 4. The van der Waals surface area contributed by atoms with Gasteiger partial charge in [-0.15, -0.1) is 0 Å². The molecule has 0 atom stereocenters. The van der Waals surface area contributed by atoms with Crippen LogP contribution in [-0.4, -0.2) is 26.3 Å². The number of aryl methyl sites for hydroxylation is 1. The number of anilines is 1. The Morgan fingerprint density at radius 1 is 1.17 bits per heavy atom. The Balaban J connectivity index is 2.47. The van der Waals surface area contributed by atoms with E-state index in [0.717, 1.165) is 17.0 Å². The molecule has 0 spiro atoms. The first-order valence-electron chi connectivity index (χ1n) is 5.57. The molecule has 5 nitrogen and oxygen atoms in total. The zero-order valence-electron chi connectivity index (χ0n) is 10.9. The number of nitrogens with one attached hydrogen (secondary N) is 1. The Morgan fingerprint density at radius 2 is 1.89 bits per heavy atom. The molecule has 0 unspecified atom stereocenters. The summed E-state index contributed by atoms with van der Waals surface area (Å²) in [6, 6.07) is 6.12. The van der Waals surface area contributed by atoms with Crippen molar-refractivity contribution in [2.75, 3.05) is 26.6 Å². The lowest BCUT2D eigenvalue weighted by Crippen LogP contribution is -1.90. The number of aromatic nitrogens is 1. The maximum atomic E-state index is 5.60. The molecule has 1 aromatic carbocycles. The Hall–Kier alpha value is -2.17. The van der Waals surface area contributed by atoms with Gasteiger partial charge in [0.15, 0.2) is 17.3 Å². The molecular weight excluding hydrogens is 232 g/mol. The summed E-state index contributed by atoms with van der Waals surface area (Å²) in [6.45, 7) is 1.90. The molecule has 0 saturated heterocycles. The number of methoxy groups -OCH3 is 2. The highest BCUT2D eigenvalue weighted by molar-refractivity contribution is 5.65. The van der Waals surface area contributed by atoms with Crippen LogP contribution in [0.3, 0.4) is 0 Å². The van der Waals surface area contributed by atoms with E-state index in [1.54, 1.807) is 21.3 Å². The first-order valence-corrected chi connectivity index (χ1v) is 5.57. The molecule has 0 bridgehead atoms. The maximum Gasteiger partial charge on any atom is 0.295 e. The number of hydrogen-bond acceptors (Lipinski definition) is 5. The molecule has 18 heavy (non-hydrogen) atoms. The van der Waals surface area contributed by atoms with Gasteiger partial charge in [0.2, 0.25) is 0 Å². The Labute approximate surface area is 106 Å². The summed E-state index contributed by atoms with van der Waals surface area (Å²) in [5.74, 6) is 2.07. The van der Waals surface area contributed by atoms with Crippen LogP contribution < -0.4 is 14.8 Å². The highest BCUT2D eigenvalue weighted by Gasteiger charge is 2.13. The van der Waals surface area contributed by atoms with Crippen LogP contribution in [0.25, 0.3) is 11.3 Å². The van der Waals surface area contributed by atoms with Gasteiger partial charge in [-0.25, -0.2) is 0 Å². The normalized spacial score (nSPS) is 10.2. The van der Waals surface area contributed by atoms with E-state index in [0.29, 0.717) is 17.5 Å². The third kappa shape index (κ3) is 2.11. The van der Waals surface area contributed by atoms with E-state index < -0.39 is 0 Å². The van der Waals surface area contributed by atoms with Gasteiger partial charge in [0, 0.05) is 12.6 Å². The van der Waals surface area contributed by atoms with Gasteiger partial charge < -0.3 is 19.2 Å². The molecule has 1 aromatic heterocycles. The van der Waals surface area contributed by atoms with Crippen LogP contribution in [0, 0.1) is 6.92 Å². The van der Waals surface area contributed by atoms with Crippen molar-refractivity contribution < 1.29 is 13.9 Å². The van der Waals surface area contributed by atoms with Crippen LogP contribution in [0.2, 0.25) is 0 Å². The molecule has 0 aliphatic rings. The van der Waals surface area contributed by atoms with Crippen LogP contribution in [0.5, 0.6) is 11.5 Å². The van der Waals surface area contributed by atoms with Crippen molar-refractivity contribution in [3.63, 3.8) is 0 Å². The first kappa shape index (κ1) is 12.3. The Kier molecular flexibility index (Phi) is 3.41. The van der Waals surface area contributed by atoms with E-state index in [4.69, 9.17) is 13.9 Å². The van der Waals surface area contributed by atoms with E-state index in [1.807, 2.05) is 25.1 Å². The summed E-state index contributed by atoms with van der Waals surface area (Å²) < 4.78 is 16.1. The molecule has 96 valence electrons. The number of nitrogens with zero attached hydrogens (tertiary/aromatic N) is 1. The smallest absolute Gasteiger partial charge is 0.295 e. The SMILES string of the molecule is CNc1nc(C)c(-c2ccc(OC)c(OC)c2)o1. The summed E-state index contributed by atoms with van der Waals surface area (Å²) >= 11 is 0. The molecule has 0 fully saturated rings. The van der Waals surface area contributed by atoms with Crippen LogP contribution in [0.4, 0.5) is 6.01 Å². The Bertz CT molecular complexity index is 549. The van der Waals surface area contributed by atoms with Gasteiger partial charge in [-0.2, -0.15) is 4.98 Å². The topological polar surface area (TPSA) is 56.5 Å². The summed E-state index contributed by atoms with van der Waals surface area (Å²) in [5, 5.41) is 2.88. The molecule has 2 rings (SSSR count). The lowest BCUT2D eigenvalue weighted by Gasteiger charge is -2.08. The fourth-order valence-electron chi connectivity index (χ4n) is 1.75. The highest BCUT2D eigenvalue weighted by Crippen LogP contribution is 2.34. The maximum absolute atomic E-state index is 5.60. The second-order valence-electron chi connectivity index (χ2n) is 3.75. The van der Waals surface area contributed by atoms with Crippen molar-refractivity contribution in [1.29, 1.82) is 0 Å². The van der Waals surface area contributed by atoms with E-state index in [9.17, 15) is 0 Å². The molecule has 0 aliphatic carbocycles. The molecule has 0 amide bonds. The first-order chi connectivity index (χ1) is 8.69. The van der Waals surface area contributed by atoms with E-state index >= 15 is 0 Å². The molecular formula is C13H16N2O3. The molecule has 5 heteroatoms. The van der Waals surface area contributed by atoms with Crippen molar-refractivity contribution in [2.24, 2.45) is 0 Å². The molecule has 1 N–H and O–H groups in total. The van der Waals surface area contributed by atoms with Gasteiger partial charge >= 0.3 is 0 Å². The summed E-state index contributed by atoms with van der Waals surface area (Å²) in [6.07, 6.45) is 0. The summed E-state index contributed by atoms with van der Waals surface area (Å²) in [7, 11) is 4.98. The van der Waals surface area contributed by atoms with Gasteiger partial charge in [0.1, 0.15) is 0 Å². The number of ether oxygens (including phenoxy) is 2. The van der Waals surface area contributed by atoms with Crippen molar-refractivity contribution in [3.8, 4) is 22.8 Å². The minimum atomic E-state index is 0.497. The minimum absolute atomic E-state index is 0.497. The highest BCUT2D eigenvalue weighted by atomic mass is 16.5. The zero-order chi connectivity index (χ0) is 13.1. The van der Waals surface area contributed by atoms with Gasteiger partial charge in [0.05, 0.1) is 19.9 Å². The average Bonchev–Trinajstić information content (AvgIpc) is 2.79. The van der Waals surface area contributed by atoms with Crippen LogP contribution in [0.15, 0.2) is 22.6 Å². The molecule has 0 saturated carbocycles. The lowest BCUT2D eigenvalue weighted by atomic mass is 10.1. The lowest BCUT2D eigenvalue weighted by molar-refractivity contribution is 0.355. The second kappa shape index (κ2) is 5.00. The summed E-state index contributed by atoms with van der Waals surface area (Å²) in [4.78, 5) is 4.25. The van der Waals surface area contributed by atoms with Gasteiger partial charge in [-0.3, -0.25) is 0 Å². The predicted octanol–water partition coefficient (Wildman–Crippen LogP) is 2.71. The largest absolute Gasteiger partial charge is 0.493 e. The third-order valence-corrected chi connectivity index (χ3v) is 2.66. The fraction of sp³-hybridized carbons (Fsp3) is 0.308. The second-order valence-corrected chi connectivity index (χ2v) is 3.75. The van der Waals surface area contributed by atoms with Gasteiger partial charge in [0.25, 0.3) is 6.01 Å². The molecule has 2 aromatic rings. The number of benzene rings is 1.